The summed E-state index contributed by atoms with van der Waals surface area (Å²) >= 11 is 5.64. The molecule has 0 aliphatic carbocycles. The number of unbranched alkanes of at least 4 members (excludes halogenated alkanes) is 7. The number of ether oxygens (including phenoxy) is 2. The molecule has 20 heavy (non-hydrogen) atoms. The summed E-state index contributed by atoms with van der Waals surface area (Å²) in [5, 5.41) is 0. The Bertz CT molecular complexity index is 175. The SMILES string of the molecule is CCCCOCOCCC=CCCCCCCCCCl. The smallest absolute Gasteiger partial charge is 0.146 e. The lowest BCUT2D eigenvalue weighted by Gasteiger charge is -2.03. The Kier molecular flexibility index (Phi) is 18.9. The van der Waals surface area contributed by atoms with Crippen molar-refractivity contribution in [2.75, 3.05) is 25.9 Å². The van der Waals surface area contributed by atoms with E-state index in [2.05, 4.69) is 19.1 Å². The molecule has 0 aliphatic rings. The Hall–Kier alpha value is -0.0500. The lowest BCUT2D eigenvalue weighted by atomic mass is 10.1. The molecule has 0 spiro atoms. The molecule has 0 aromatic heterocycles. The summed E-state index contributed by atoms with van der Waals surface area (Å²) in [6.45, 7) is 4.18. The van der Waals surface area contributed by atoms with Crippen molar-refractivity contribution in [1.29, 1.82) is 0 Å². The van der Waals surface area contributed by atoms with Gasteiger partial charge in [-0.05, 0) is 32.1 Å². The van der Waals surface area contributed by atoms with Crippen molar-refractivity contribution in [3.63, 3.8) is 0 Å². The molecular formula is C17H33ClO2. The van der Waals surface area contributed by atoms with Gasteiger partial charge in [0, 0.05) is 12.5 Å². The Morgan fingerprint density at radius 3 is 2.15 bits per heavy atom. The summed E-state index contributed by atoms with van der Waals surface area (Å²) in [5.74, 6) is 0.814. The molecule has 0 saturated heterocycles. The van der Waals surface area contributed by atoms with Crippen LogP contribution in [-0.4, -0.2) is 25.9 Å². The van der Waals surface area contributed by atoms with Gasteiger partial charge in [-0.3, -0.25) is 0 Å². The fourth-order valence-corrected chi connectivity index (χ4v) is 2.06. The highest BCUT2D eigenvalue weighted by atomic mass is 35.5. The maximum atomic E-state index is 5.64. The van der Waals surface area contributed by atoms with Gasteiger partial charge in [-0.1, -0.05) is 51.2 Å². The third-order valence-corrected chi connectivity index (χ3v) is 3.43. The van der Waals surface area contributed by atoms with Crippen LogP contribution in [0, 0.1) is 0 Å². The molecule has 0 bridgehead atoms. The molecule has 0 unspecified atom stereocenters. The monoisotopic (exact) mass is 304 g/mol. The molecule has 0 radical (unpaired) electrons. The van der Waals surface area contributed by atoms with E-state index in [0.29, 0.717) is 6.79 Å². The highest BCUT2D eigenvalue weighted by molar-refractivity contribution is 6.17. The predicted molar refractivity (Wildman–Crippen MR) is 88.5 cm³/mol. The van der Waals surface area contributed by atoms with Crippen LogP contribution in [0.3, 0.4) is 0 Å². The third-order valence-electron chi connectivity index (χ3n) is 3.16. The van der Waals surface area contributed by atoms with Gasteiger partial charge in [0.15, 0.2) is 0 Å². The van der Waals surface area contributed by atoms with Crippen molar-refractivity contribution < 1.29 is 9.47 Å². The Labute approximate surface area is 130 Å². The first-order valence-corrected chi connectivity index (χ1v) is 8.81. The zero-order valence-corrected chi connectivity index (χ0v) is 14.0. The van der Waals surface area contributed by atoms with Crippen LogP contribution in [0.4, 0.5) is 0 Å². The highest BCUT2D eigenvalue weighted by Gasteiger charge is 1.90. The van der Waals surface area contributed by atoms with Crippen LogP contribution >= 0.6 is 11.6 Å². The maximum absolute atomic E-state index is 5.64. The van der Waals surface area contributed by atoms with E-state index in [4.69, 9.17) is 21.1 Å². The summed E-state index contributed by atoms with van der Waals surface area (Å²) in [6, 6.07) is 0. The van der Waals surface area contributed by atoms with E-state index in [9.17, 15) is 0 Å². The summed E-state index contributed by atoms with van der Waals surface area (Å²) in [5.41, 5.74) is 0. The molecular weight excluding hydrogens is 272 g/mol. The van der Waals surface area contributed by atoms with Crippen LogP contribution in [0.5, 0.6) is 0 Å². The van der Waals surface area contributed by atoms with Crippen LogP contribution in [0.25, 0.3) is 0 Å². The molecule has 0 fully saturated rings. The van der Waals surface area contributed by atoms with E-state index in [1.54, 1.807) is 0 Å². The lowest BCUT2D eigenvalue weighted by Crippen LogP contribution is -2.02. The first-order valence-electron chi connectivity index (χ1n) is 8.28. The molecule has 2 nitrogen and oxygen atoms in total. The minimum absolute atomic E-state index is 0.441. The zero-order chi connectivity index (χ0) is 14.7. The van der Waals surface area contributed by atoms with Crippen LogP contribution < -0.4 is 0 Å². The van der Waals surface area contributed by atoms with Gasteiger partial charge in [-0.15, -0.1) is 11.6 Å². The van der Waals surface area contributed by atoms with E-state index < -0.39 is 0 Å². The second-order valence-corrected chi connectivity index (χ2v) is 5.52. The molecule has 0 aromatic carbocycles. The molecule has 0 aliphatic heterocycles. The van der Waals surface area contributed by atoms with E-state index in [-0.39, 0.29) is 0 Å². The summed E-state index contributed by atoms with van der Waals surface area (Å²) in [7, 11) is 0. The van der Waals surface area contributed by atoms with E-state index in [1.807, 2.05) is 0 Å². The summed E-state index contributed by atoms with van der Waals surface area (Å²) < 4.78 is 10.7. The van der Waals surface area contributed by atoms with E-state index in [1.165, 1.54) is 51.4 Å². The molecule has 0 heterocycles. The van der Waals surface area contributed by atoms with Gasteiger partial charge in [-0.25, -0.2) is 0 Å². The number of hydrogen-bond donors (Lipinski definition) is 0. The normalized spacial score (nSPS) is 11.5. The summed E-state index contributed by atoms with van der Waals surface area (Å²) in [6.07, 6.45) is 16.8. The van der Waals surface area contributed by atoms with Gasteiger partial charge in [-0.2, -0.15) is 0 Å². The maximum Gasteiger partial charge on any atom is 0.146 e. The van der Waals surface area contributed by atoms with Crippen molar-refractivity contribution in [1.82, 2.24) is 0 Å². The molecule has 0 saturated carbocycles. The second kappa shape index (κ2) is 18.9. The van der Waals surface area contributed by atoms with Crippen LogP contribution in [0.2, 0.25) is 0 Å². The van der Waals surface area contributed by atoms with E-state index >= 15 is 0 Å². The zero-order valence-electron chi connectivity index (χ0n) is 13.2. The average molecular weight is 305 g/mol. The predicted octanol–water partition coefficient (Wildman–Crippen LogP) is 5.69. The van der Waals surface area contributed by atoms with Crippen LogP contribution in [0.1, 0.15) is 71.1 Å². The molecule has 0 rings (SSSR count). The van der Waals surface area contributed by atoms with Gasteiger partial charge in [0.25, 0.3) is 0 Å². The quantitative estimate of drug-likeness (QED) is 0.158. The van der Waals surface area contributed by atoms with E-state index in [0.717, 1.165) is 31.9 Å². The van der Waals surface area contributed by atoms with Gasteiger partial charge in [0.1, 0.15) is 6.79 Å². The molecule has 0 atom stereocenters. The largest absolute Gasteiger partial charge is 0.355 e. The van der Waals surface area contributed by atoms with Crippen molar-refractivity contribution in [3.05, 3.63) is 12.2 Å². The highest BCUT2D eigenvalue weighted by Crippen LogP contribution is 2.08. The minimum atomic E-state index is 0.441. The fraction of sp³-hybridized carbons (Fsp3) is 0.882. The average Bonchev–Trinajstić information content (AvgIpc) is 2.47. The van der Waals surface area contributed by atoms with Crippen molar-refractivity contribution in [2.24, 2.45) is 0 Å². The molecule has 0 N–H and O–H groups in total. The van der Waals surface area contributed by atoms with Gasteiger partial charge in [0.2, 0.25) is 0 Å². The number of hydrogen-bond acceptors (Lipinski definition) is 2. The first-order chi connectivity index (χ1) is 9.91. The lowest BCUT2D eigenvalue weighted by molar-refractivity contribution is -0.0528. The molecule has 0 amide bonds. The Morgan fingerprint density at radius 2 is 1.40 bits per heavy atom. The Morgan fingerprint density at radius 1 is 0.750 bits per heavy atom. The number of rotatable bonds is 16. The Balaban J connectivity index is 3.01. The van der Waals surface area contributed by atoms with Crippen molar-refractivity contribution >= 4 is 11.6 Å². The molecule has 120 valence electrons. The molecule has 0 aromatic rings. The van der Waals surface area contributed by atoms with Gasteiger partial charge >= 0.3 is 0 Å². The van der Waals surface area contributed by atoms with Gasteiger partial charge < -0.3 is 9.47 Å². The van der Waals surface area contributed by atoms with Crippen molar-refractivity contribution in [2.45, 2.75) is 71.1 Å². The first kappa shape index (κ1) is 19.9. The number of alkyl halides is 1. The molecule has 3 heteroatoms. The minimum Gasteiger partial charge on any atom is -0.355 e. The third kappa shape index (κ3) is 17.9. The van der Waals surface area contributed by atoms with Gasteiger partial charge in [0.05, 0.1) is 6.61 Å². The van der Waals surface area contributed by atoms with Crippen LogP contribution in [0.15, 0.2) is 12.2 Å². The van der Waals surface area contributed by atoms with Crippen LogP contribution in [-0.2, 0) is 9.47 Å². The second-order valence-electron chi connectivity index (χ2n) is 5.15. The fourth-order valence-electron chi connectivity index (χ4n) is 1.87. The summed E-state index contributed by atoms with van der Waals surface area (Å²) in [4.78, 5) is 0. The number of halogens is 1. The topological polar surface area (TPSA) is 18.5 Å². The standard InChI is InChI=1S/C17H33ClO2/c1-2-3-15-19-17-20-16-13-11-9-7-5-4-6-8-10-12-14-18/h9,11H,2-8,10,12-17H2,1H3. The van der Waals surface area contributed by atoms with Crippen molar-refractivity contribution in [3.8, 4) is 0 Å². The number of allylic oxidation sites excluding steroid dienone is 1.